The Labute approximate surface area is 227 Å². The van der Waals surface area contributed by atoms with Gasteiger partial charge in [-0.3, -0.25) is 9.59 Å². The van der Waals surface area contributed by atoms with E-state index in [1.807, 2.05) is 49.4 Å². The van der Waals surface area contributed by atoms with E-state index in [-0.39, 0.29) is 24.0 Å². The first-order chi connectivity index (χ1) is 18.8. The molecular formula is C32H31FN2O4. The Balaban J connectivity index is 1.56. The third-order valence-electron chi connectivity index (χ3n) is 7.56. The summed E-state index contributed by atoms with van der Waals surface area (Å²) in [5.74, 6) is -0.684. The first-order valence-corrected chi connectivity index (χ1v) is 12.9. The lowest BCUT2D eigenvalue weighted by atomic mass is 9.71. The van der Waals surface area contributed by atoms with Gasteiger partial charge in [-0.05, 0) is 61.6 Å². The van der Waals surface area contributed by atoms with Gasteiger partial charge in [0.2, 0.25) is 0 Å². The molecule has 0 saturated heterocycles. The highest BCUT2D eigenvalue weighted by atomic mass is 19.1. The highest BCUT2D eigenvalue weighted by Gasteiger charge is 2.42. The second-order valence-corrected chi connectivity index (χ2v) is 9.92. The predicted octanol–water partition coefficient (Wildman–Crippen LogP) is 6.15. The fourth-order valence-electron chi connectivity index (χ4n) is 5.61. The number of anilines is 1. The average Bonchev–Trinajstić information content (AvgIpc) is 2.93. The zero-order valence-corrected chi connectivity index (χ0v) is 22.4. The molecule has 39 heavy (non-hydrogen) atoms. The summed E-state index contributed by atoms with van der Waals surface area (Å²) in [6.45, 7) is 3.71. The van der Waals surface area contributed by atoms with Crippen LogP contribution in [0.4, 0.5) is 10.1 Å². The van der Waals surface area contributed by atoms with Crippen molar-refractivity contribution in [2.75, 3.05) is 19.5 Å². The van der Waals surface area contributed by atoms with Crippen LogP contribution in [0.2, 0.25) is 0 Å². The molecule has 0 spiro atoms. The SMILES string of the molecule is COc1ccc([C@@H]2CC(=O)C3=C(C2)NC(C)=C(C(=O)Nc2ccccc2C)[C@H]3c2ccccc2F)cc1OC. The van der Waals surface area contributed by atoms with Crippen molar-refractivity contribution in [3.63, 3.8) is 0 Å². The molecule has 0 radical (unpaired) electrons. The minimum Gasteiger partial charge on any atom is -0.493 e. The molecule has 0 saturated carbocycles. The number of amides is 1. The molecule has 5 rings (SSSR count). The van der Waals surface area contributed by atoms with Crippen molar-refractivity contribution in [3.05, 3.63) is 112 Å². The van der Waals surface area contributed by atoms with Gasteiger partial charge in [-0.25, -0.2) is 4.39 Å². The number of aryl methyl sites for hydroxylation is 1. The summed E-state index contributed by atoms with van der Waals surface area (Å²) >= 11 is 0. The molecule has 2 N–H and O–H groups in total. The summed E-state index contributed by atoms with van der Waals surface area (Å²) in [7, 11) is 3.16. The minimum absolute atomic E-state index is 0.111. The standard InChI is InChI=1S/C32H31FN2O4/c1-18-9-5-8-12-24(18)35-32(37)29-19(2)34-25-15-21(20-13-14-27(38-3)28(17-20)39-4)16-26(36)31(25)30(29)22-10-6-7-11-23(22)33/h5-14,17,21,30,34H,15-16H2,1-4H3,(H,35,37)/t21-,30+/m0/s1. The summed E-state index contributed by atoms with van der Waals surface area (Å²) in [6.07, 6.45) is 0.762. The van der Waals surface area contributed by atoms with Gasteiger partial charge in [-0.15, -0.1) is 0 Å². The van der Waals surface area contributed by atoms with Crippen molar-refractivity contribution in [2.24, 2.45) is 0 Å². The average molecular weight is 527 g/mol. The normalized spacial score (nSPS) is 18.8. The van der Waals surface area contributed by atoms with E-state index in [1.54, 1.807) is 39.3 Å². The second kappa shape index (κ2) is 10.8. The number of Topliss-reactive ketones (excluding diaryl/α,β-unsaturated/α-hetero) is 1. The van der Waals surface area contributed by atoms with Crippen LogP contribution in [0.15, 0.2) is 89.3 Å². The predicted molar refractivity (Wildman–Crippen MR) is 148 cm³/mol. The maximum absolute atomic E-state index is 15.3. The number of para-hydroxylation sites is 1. The largest absolute Gasteiger partial charge is 0.493 e. The third-order valence-corrected chi connectivity index (χ3v) is 7.56. The molecule has 3 aromatic carbocycles. The molecule has 0 aromatic heterocycles. The monoisotopic (exact) mass is 526 g/mol. The molecule has 1 amide bonds. The van der Waals surface area contributed by atoms with Crippen LogP contribution in [0.3, 0.4) is 0 Å². The van der Waals surface area contributed by atoms with Gasteiger partial charge >= 0.3 is 0 Å². The zero-order chi connectivity index (χ0) is 27.7. The molecule has 0 bridgehead atoms. The van der Waals surface area contributed by atoms with E-state index >= 15 is 4.39 Å². The van der Waals surface area contributed by atoms with E-state index in [2.05, 4.69) is 10.6 Å². The van der Waals surface area contributed by atoms with Gasteiger partial charge < -0.3 is 20.1 Å². The summed E-state index contributed by atoms with van der Waals surface area (Å²) in [6, 6.07) is 19.5. The van der Waals surface area contributed by atoms with Crippen molar-refractivity contribution in [1.29, 1.82) is 0 Å². The van der Waals surface area contributed by atoms with Gasteiger partial charge in [0.05, 0.1) is 14.2 Å². The quantitative estimate of drug-likeness (QED) is 0.403. The number of benzene rings is 3. The lowest BCUT2D eigenvalue weighted by Gasteiger charge is -2.37. The van der Waals surface area contributed by atoms with Gasteiger partial charge in [0.1, 0.15) is 5.82 Å². The van der Waals surface area contributed by atoms with Crippen LogP contribution < -0.4 is 20.1 Å². The molecular weight excluding hydrogens is 495 g/mol. The number of hydrogen-bond acceptors (Lipinski definition) is 5. The smallest absolute Gasteiger partial charge is 0.254 e. The molecule has 6 nitrogen and oxygen atoms in total. The molecule has 0 fully saturated rings. The van der Waals surface area contributed by atoms with Crippen LogP contribution in [0.1, 0.15) is 48.3 Å². The summed E-state index contributed by atoms with van der Waals surface area (Å²) in [4.78, 5) is 27.6. The Kier molecular flexibility index (Phi) is 7.24. The van der Waals surface area contributed by atoms with E-state index in [0.29, 0.717) is 51.7 Å². The van der Waals surface area contributed by atoms with Gasteiger partial charge in [-0.1, -0.05) is 42.5 Å². The first kappa shape index (κ1) is 26.2. The topological polar surface area (TPSA) is 76.7 Å². The number of methoxy groups -OCH3 is 2. The van der Waals surface area contributed by atoms with Gasteiger partial charge in [0.25, 0.3) is 5.91 Å². The fourth-order valence-corrected chi connectivity index (χ4v) is 5.61. The minimum atomic E-state index is -0.828. The lowest BCUT2D eigenvalue weighted by Crippen LogP contribution is -2.37. The molecule has 7 heteroatoms. The Morgan fingerprint density at radius 3 is 2.38 bits per heavy atom. The first-order valence-electron chi connectivity index (χ1n) is 12.9. The third kappa shape index (κ3) is 4.92. The van der Waals surface area contributed by atoms with Crippen LogP contribution in [0.25, 0.3) is 0 Å². The zero-order valence-electron chi connectivity index (χ0n) is 22.4. The number of ketones is 1. The Morgan fingerprint density at radius 2 is 1.67 bits per heavy atom. The molecule has 1 aliphatic heterocycles. The molecule has 1 heterocycles. The second-order valence-electron chi connectivity index (χ2n) is 9.92. The van der Waals surface area contributed by atoms with Crippen molar-refractivity contribution in [2.45, 2.75) is 38.5 Å². The fraction of sp³-hybridized carbons (Fsp3) is 0.250. The number of carbonyl (C=O) groups is 2. The van der Waals surface area contributed by atoms with Crippen LogP contribution >= 0.6 is 0 Å². The molecule has 2 atom stereocenters. The van der Waals surface area contributed by atoms with Gasteiger partial charge in [-0.2, -0.15) is 0 Å². The van der Waals surface area contributed by atoms with Crippen LogP contribution in [0, 0.1) is 12.7 Å². The molecule has 2 aliphatic rings. The highest BCUT2D eigenvalue weighted by Crippen LogP contribution is 2.47. The Bertz CT molecular complexity index is 1520. The number of ether oxygens (including phenoxy) is 2. The summed E-state index contributed by atoms with van der Waals surface area (Å²) < 4.78 is 26.1. The van der Waals surface area contributed by atoms with Crippen molar-refractivity contribution in [1.82, 2.24) is 5.32 Å². The van der Waals surface area contributed by atoms with E-state index in [1.165, 1.54) is 6.07 Å². The molecule has 0 unspecified atom stereocenters. The van der Waals surface area contributed by atoms with Crippen molar-refractivity contribution in [3.8, 4) is 11.5 Å². The van der Waals surface area contributed by atoms with Gasteiger partial charge in [0, 0.05) is 46.1 Å². The van der Waals surface area contributed by atoms with E-state index < -0.39 is 11.7 Å². The van der Waals surface area contributed by atoms with Crippen molar-refractivity contribution < 1.29 is 23.5 Å². The number of carbonyl (C=O) groups excluding carboxylic acids is 2. The van der Waals surface area contributed by atoms with Crippen LogP contribution in [-0.2, 0) is 9.59 Å². The number of hydrogen-bond donors (Lipinski definition) is 2. The number of dihydropyridines is 1. The molecule has 1 aliphatic carbocycles. The van der Waals surface area contributed by atoms with Crippen LogP contribution in [0.5, 0.6) is 11.5 Å². The van der Waals surface area contributed by atoms with E-state index in [0.717, 1.165) is 11.1 Å². The number of allylic oxidation sites excluding steroid dienone is 3. The highest BCUT2D eigenvalue weighted by molar-refractivity contribution is 6.10. The van der Waals surface area contributed by atoms with Crippen LogP contribution in [-0.4, -0.2) is 25.9 Å². The lowest BCUT2D eigenvalue weighted by molar-refractivity contribution is -0.116. The molecule has 200 valence electrons. The molecule has 3 aromatic rings. The van der Waals surface area contributed by atoms with Crippen molar-refractivity contribution >= 4 is 17.4 Å². The Morgan fingerprint density at radius 1 is 0.949 bits per heavy atom. The number of nitrogens with one attached hydrogen (secondary N) is 2. The van der Waals surface area contributed by atoms with Gasteiger partial charge in [0.15, 0.2) is 17.3 Å². The maximum atomic E-state index is 15.3. The number of rotatable bonds is 6. The number of halogens is 1. The maximum Gasteiger partial charge on any atom is 0.254 e. The summed E-state index contributed by atoms with van der Waals surface area (Å²) in [5, 5.41) is 6.33. The van der Waals surface area contributed by atoms with E-state index in [9.17, 15) is 9.59 Å². The Hall–Kier alpha value is -4.39. The summed E-state index contributed by atoms with van der Waals surface area (Å²) in [5.41, 5.74) is 4.90. The van der Waals surface area contributed by atoms with E-state index in [4.69, 9.17) is 9.47 Å².